The lowest BCUT2D eigenvalue weighted by atomic mass is 10.0. The molecule has 0 spiro atoms. The van der Waals surface area contributed by atoms with Crippen LogP contribution >= 0.6 is 11.3 Å². The SMILES string of the molecule is CC(C(=O)NCC1(O)CCCC1)c1ccsc1. The highest BCUT2D eigenvalue weighted by molar-refractivity contribution is 7.08. The molecule has 17 heavy (non-hydrogen) atoms. The molecule has 1 fully saturated rings. The zero-order valence-corrected chi connectivity index (χ0v) is 10.9. The lowest BCUT2D eigenvalue weighted by Gasteiger charge is -2.23. The van der Waals surface area contributed by atoms with Crippen molar-refractivity contribution in [3.8, 4) is 0 Å². The molecular weight excluding hydrogens is 234 g/mol. The standard InChI is InChI=1S/C13H19NO2S/c1-10(11-4-7-17-8-11)12(15)14-9-13(16)5-2-3-6-13/h4,7-8,10,16H,2-3,5-6,9H2,1H3,(H,14,15). The Morgan fingerprint density at radius 1 is 1.59 bits per heavy atom. The highest BCUT2D eigenvalue weighted by atomic mass is 32.1. The highest BCUT2D eigenvalue weighted by Crippen LogP contribution is 2.28. The van der Waals surface area contributed by atoms with Crippen molar-refractivity contribution in [1.82, 2.24) is 5.32 Å². The molecule has 1 aliphatic carbocycles. The van der Waals surface area contributed by atoms with Crippen LogP contribution in [0.3, 0.4) is 0 Å². The van der Waals surface area contributed by atoms with Gasteiger partial charge in [0.1, 0.15) is 0 Å². The molecule has 4 heteroatoms. The van der Waals surface area contributed by atoms with Crippen molar-refractivity contribution in [1.29, 1.82) is 0 Å². The Labute approximate surface area is 106 Å². The minimum absolute atomic E-state index is 0.00345. The van der Waals surface area contributed by atoms with E-state index in [-0.39, 0.29) is 11.8 Å². The van der Waals surface area contributed by atoms with E-state index in [2.05, 4.69) is 5.32 Å². The Morgan fingerprint density at radius 2 is 2.29 bits per heavy atom. The van der Waals surface area contributed by atoms with Gasteiger partial charge in [-0.1, -0.05) is 12.8 Å². The molecule has 1 heterocycles. The van der Waals surface area contributed by atoms with Crippen molar-refractivity contribution < 1.29 is 9.90 Å². The van der Waals surface area contributed by atoms with Crippen molar-refractivity contribution in [2.75, 3.05) is 6.54 Å². The smallest absolute Gasteiger partial charge is 0.227 e. The average molecular weight is 253 g/mol. The van der Waals surface area contributed by atoms with Gasteiger partial charge in [0.05, 0.1) is 11.5 Å². The molecule has 1 amide bonds. The number of carbonyl (C=O) groups is 1. The molecule has 2 rings (SSSR count). The van der Waals surface area contributed by atoms with E-state index in [4.69, 9.17) is 0 Å². The van der Waals surface area contributed by atoms with E-state index in [0.29, 0.717) is 6.54 Å². The Bertz CT molecular complexity index is 369. The number of nitrogens with one attached hydrogen (secondary N) is 1. The summed E-state index contributed by atoms with van der Waals surface area (Å²) in [7, 11) is 0. The molecule has 94 valence electrons. The average Bonchev–Trinajstić information content (AvgIpc) is 2.96. The molecule has 1 aromatic rings. The van der Waals surface area contributed by atoms with Gasteiger partial charge in [-0.2, -0.15) is 11.3 Å². The van der Waals surface area contributed by atoms with E-state index in [1.165, 1.54) is 0 Å². The van der Waals surface area contributed by atoms with Gasteiger partial charge in [-0.05, 0) is 42.2 Å². The summed E-state index contributed by atoms with van der Waals surface area (Å²) in [6.45, 7) is 2.29. The Morgan fingerprint density at radius 3 is 2.88 bits per heavy atom. The summed E-state index contributed by atoms with van der Waals surface area (Å²) in [6.07, 6.45) is 3.74. The predicted molar refractivity (Wildman–Crippen MR) is 69.2 cm³/mol. The first-order chi connectivity index (χ1) is 8.11. The van der Waals surface area contributed by atoms with Crippen LogP contribution in [0.15, 0.2) is 16.8 Å². The molecular formula is C13H19NO2S. The third-order valence-electron chi connectivity index (χ3n) is 3.56. The molecule has 1 unspecified atom stereocenters. The predicted octanol–water partition coefficient (Wildman–Crippen LogP) is 2.27. The maximum absolute atomic E-state index is 11.9. The summed E-state index contributed by atoms with van der Waals surface area (Å²) >= 11 is 1.60. The molecule has 2 N–H and O–H groups in total. The van der Waals surface area contributed by atoms with Crippen LogP contribution in [0, 0.1) is 0 Å². The third kappa shape index (κ3) is 3.07. The molecule has 3 nitrogen and oxygen atoms in total. The first kappa shape index (κ1) is 12.6. The van der Waals surface area contributed by atoms with Gasteiger partial charge < -0.3 is 10.4 Å². The number of thiophene rings is 1. The van der Waals surface area contributed by atoms with Crippen molar-refractivity contribution in [2.24, 2.45) is 0 Å². The molecule has 0 bridgehead atoms. The summed E-state index contributed by atoms with van der Waals surface area (Å²) in [6, 6.07) is 1.97. The number of hydrogen-bond acceptors (Lipinski definition) is 3. The maximum Gasteiger partial charge on any atom is 0.227 e. The summed E-state index contributed by atoms with van der Waals surface area (Å²) in [5.41, 5.74) is 0.384. The minimum atomic E-state index is -0.663. The van der Waals surface area contributed by atoms with Crippen LogP contribution < -0.4 is 5.32 Å². The van der Waals surface area contributed by atoms with Gasteiger partial charge >= 0.3 is 0 Å². The van der Waals surface area contributed by atoms with Crippen molar-refractivity contribution in [3.05, 3.63) is 22.4 Å². The van der Waals surface area contributed by atoms with E-state index >= 15 is 0 Å². The number of rotatable bonds is 4. The fourth-order valence-corrected chi connectivity index (χ4v) is 3.04. The van der Waals surface area contributed by atoms with Crippen LogP contribution in [0.4, 0.5) is 0 Å². The van der Waals surface area contributed by atoms with Crippen LogP contribution in [0.25, 0.3) is 0 Å². The Hall–Kier alpha value is -0.870. The van der Waals surface area contributed by atoms with E-state index < -0.39 is 5.60 Å². The van der Waals surface area contributed by atoms with Gasteiger partial charge in [-0.3, -0.25) is 4.79 Å². The Kier molecular flexibility index (Phi) is 3.84. The van der Waals surface area contributed by atoms with Crippen LogP contribution in [0.1, 0.15) is 44.1 Å². The second kappa shape index (κ2) is 5.19. The van der Waals surface area contributed by atoms with E-state index in [0.717, 1.165) is 31.2 Å². The quantitative estimate of drug-likeness (QED) is 0.865. The molecule has 1 aromatic heterocycles. The van der Waals surface area contributed by atoms with Gasteiger partial charge in [0.2, 0.25) is 5.91 Å². The topological polar surface area (TPSA) is 49.3 Å². The zero-order valence-electron chi connectivity index (χ0n) is 10.1. The second-order valence-electron chi connectivity index (χ2n) is 4.93. The number of carbonyl (C=O) groups excluding carboxylic acids is 1. The van der Waals surface area contributed by atoms with Crippen LogP contribution in [0.2, 0.25) is 0 Å². The third-order valence-corrected chi connectivity index (χ3v) is 4.26. The zero-order chi connectivity index (χ0) is 12.3. The lowest BCUT2D eigenvalue weighted by molar-refractivity contribution is -0.123. The van der Waals surface area contributed by atoms with Gasteiger partial charge in [0.25, 0.3) is 0 Å². The number of aliphatic hydroxyl groups is 1. The summed E-state index contributed by atoms with van der Waals surface area (Å²) in [5.74, 6) is -0.130. The van der Waals surface area contributed by atoms with Crippen LogP contribution in [-0.2, 0) is 4.79 Å². The molecule has 1 saturated carbocycles. The second-order valence-corrected chi connectivity index (χ2v) is 5.71. The van der Waals surface area contributed by atoms with Crippen molar-refractivity contribution in [3.63, 3.8) is 0 Å². The van der Waals surface area contributed by atoms with Crippen molar-refractivity contribution >= 4 is 17.2 Å². The lowest BCUT2D eigenvalue weighted by Crippen LogP contribution is -2.42. The molecule has 0 aromatic carbocycles. The van der Waals surface area contributed by atoms with Gasteiger partial charge in [-0.15, -0.1) is 0 Å². The van der Waals surface area contributed by atoms with E-state index in [1.54, 1.807) is 11.3 Å². The maximum atomic E-state index is 11.9. The number of hydrogen-bond donors (Lipinski definition) is 2. The van der Waals surface area contributed by atoms with Crippen molar-refractivity contribution in [2.45, 2.75) is 44.1 Å². The van der Waals surface area contributed by atoms with Crippen LogP contribution in [0.5, 0.6) is 0 Å². The molecule has 0 saturated heterocycles. The fraction of sp³-hybridized carbons (Fsp3) is 0.615. The fourth-order valence-electron chi connectivity index (χ4n) is 2.29. The summed E-state index contributed by atoms with van der Waals surface area (Å²) in [4.78, 5) is 11.9. The molecule has 0 radical (unpaired) electrons. The molecule has 1 aliphatic rings. The minimum Gasteiger partial charge on any atom is -0.388 e. The first-order valence-corrected chi connectivity index (χ1v) is 7.07. The Balaban J connectivity index is 1.85. The summed E-state index contributed by atoms with van der Waals surface area (Å²) in [5, 5.41) is 17.0. The van der Waals surface area contributed by atoms with Crippen LogP contribution in [-0.4, -0.2) is 23.2 Å². The number of amides is 1. The van der Waals surface area contributed by atoms with Gasteiger partial charge in [-0.25, -0.2) is 0 Å². The monoisotopic (exact) mass is 253 g/mol. The van der Waals surface area contributed by atoms with E-state index in [9.17, 15) is 9.90 Å². The normalized spacial score (nSPS) is 20.1. The highest BCUT2D eigenvalue weighted by Gasteiger charge is 2.31. The first-order valence-electron chi connectivity index (χ1n) is 6.13. The van der Waals surface area contributed by atoms with Gasteiger partial charge in [0, 0.05) is 6.54 Å². The summed E-state index contributed by atoms with van der Waals surface area (Å²) < 4.78 is 0. The van der Waals surface area contributed by atoms with E-state index in [1.807, 2.05) is 23.8 Å². The molecule has 0 aliphatic heterocycles. The van der Waals surface area contributed by atoms with Gasteiger partial charge in [0.15, 0.2) is 0 Å². The largest absolute Gasteiger partial charge is 0.388 e. The molecule has 1 atom stereocenters.